The molecular formula is C13H15ClFN3O. The molecule has 0 radical (unpaired) electrons. The molecule has 1 aromatic heterocycles. The lowest BCUT2D eigenvalue weighted by molar-refractivity contribution is 0.400. The first-order valence-electron chi connectivity index (χ1n) is 6.10. The van der Waals surface area contributed by atoms with Crippen LogP contribution in [-0.2, 0) is 6.42 Å². The molecule has 1 heterocycles. The molecule has 102 valence electrons. The summed E-state index contributed by atoms with van der Waals surface area (Å²) in [6.45, 7) is 4.72. The van der Waals surface area contributed by atoms with E-state index in [1.165, 1.54) is 6.07 Å². The van der Waals surface area contributed by atoms with Gasteiger partial charge in [0.1, 0.15) is 5.82 Å². The van der Waals surface area contributed by atoms with E-state index in [1.807, 2.05) is 13.8 Å². The van der Waals surface area contributed by atoms with E-state index in [0.717, 1.165) is 6.54 Å². The maximum atomic E-state index is 13.6. The molecule has 0 fully saturated rings. The Morgan fingerprint density at radius 3 is 2.89 bits per heavy atom. The average Bonchev–Trinajstić information content (AvgIpc) is 2.83. The van der Waals surface area contributed by atoms with Crippen LogP contribution in [0.4, 0.5) is 4.39 Å². The first-order chi connectivity index (χ1) is 9.11. The van der Waals surface area contributed by atoms with E-state index in [1.54, 1.807) is 12.1 Å². The summed E-state index contributed by atoms with van der Waals surface area (Å²) in [5, 5.41) is 11.4. The molecule has 4 nitrogen and oxygen atoms in total. The van der Waals surface area contributed by atoms with Crippen molar-refractivity contribution in [3.63, 3.8) is 0 Å². The van der Waals surface area contributed by atoms with E-state index in [-0.39, 0.29) is 18.3 Å². The van der Waals surface area contributed by atoms with E-state index in [0.29, 0.717) is 22.4 Å². The molecule has 0 aliphatic heterocycles. The highest BCUT2D eigenvalue weighted by molar-refractivity contribution is 6.31. The second-order valence-electron chi connectivity index (χ2n) is 4.19. The minimum absolute atomic E-state index is 0.0256. The SMILES string of the molecule is CCNC(C)c1nnc(Cc2c(F)cccc2Cl)o1. The van der Waals surface area contributed by atoms with Gasteiger partial charge in [-0.15, -0.1) is 10.2 Å². The van der Waals surface area contributed by atoms with Crippen molar-refractivity contribution in [1.82, 2.24) is 15.5 Å². The Morgan fingerprint density at radius 2 is 2.21 bits per heavy atom. The van der Waals surface area contributed by atoms with Crippen LogP contribution in [0.15, 0.2) is 22.6 Å². The Balaban J connectivity index is 2.16. The Bertz CT molecular complexity index is 538. The van der Waals surface area contributed by atoms with Crippen LogP contribution in [0.2, 0.25) is 5.02 Å². The molecule has 0 amide bonds. The topological polar surface area (TPSA) is 51.0 Å². The summed E-state index contributed by atoms with van der Waals surface area (Å²) in [5.74, 6) is 0.475. The lowest BCUT2D eigenvalue weighted by Crippen LogP contribution is -2.17. The predicted octanol–water partition coefficient (Wildman–Crippen LogP) is 3.12. The van der Waals surface area contributed by atoms with Gasteiger partial charge < -0.3 is 9.73 Å². The molecule has 2 aromatic rings. The normalized spacial score (nSPS) is 12.6. The summed E-state index contributed by atoms with van der Waals surface area (Å²) in [6.07, 6.45) is 0.192. The number of aromatic nitrogens is 2. The van der Waals surface area contributed by atoms with Gasteiger partial charge in [0.2, 0.25) is 11.8 Å². The quantitative estimate of drug-likeness (QED) is 0.916. The first-order valence-corrected chi connectivity index (χ1v) is 6.48. The number of nitrogens with one attached hydrogen (secondary N) is 1. The van der Waals surface area contributed by atoms with Crippen molar-refractivity contribution >= 4 is 11.6 Å². The first kappa shape index (κ1) is 14.0. The molecule has 1 aromatic carbocycles. The number of hydrogen-bond acceptors (Lipinski definition) is 4. The van der Waals surface area contributed by atoms with E-state index in [9.17, 15) is 4.39 Å². The lowest BCUT2D eigenvalue weighted by Gasteiger charge is -2.06. The van der Waals surface area contributed by atoms with Crippen molar-refractivity contribution in [3.05, 3.63) is 46.4 Å². The molecule has 0 aliphatic rings. The van der Waals surface area contributed by atoms with Crippen LogP contribution in [0.3, 0.4) is 0 Å². The summed E-state index contributed by atoms with van der Waals surface area (Å²) in [6, 6.07) is 4.54. The van der Waals surface area contributed by atoms with Crippen molar-refractivity contribution in [2.24, 2.45) is 0 Å². The van der Waals surface area contributed by atoms with Gasteiger partial charge in [0.15, 0.2) is 0 Å². The van der Waals surface area contributed by atoms with Crippen LogP contribution < -0.4 is 5.32 Å². The van der Waals surface area contributed by atoms with Gasteiger partial charge >= 0.3 is 0 Å². The molecule has 0 spiro atoms. The third kappa shape index (κ3) is 3.30. The highest BCUT2D eigenvalue weighted by atomic mass is 35.5. The third-order valence-electron chi connectivity index (χ3n) is 2.75. The fraction of sp³-hybridized carbons (Fsp3) is 0.385. The summed E-state index contributed by atoms with van der Waals surface area (Å²) < 4.78 is 19.1. The minimum atomic E-state index is -0.369. The smallest absolute Gasteiger partial charge is 0.233 e. The van der Waals surface area contributed by atoms with Crippen LogP contribution in [0.1, 0.15) is 37.2 Å². The molecule has 2 rings (SSSR count). The standard InChI is InChI=1S/C13H15ClFN3O/c1-3-16-8(2)13-18-17-12(19-13)7-9-10(14)5-4-6-11(9)15/h4-6,8,16H,3,7H2,1-2H3. The zero-order valence-electron chi connectivity index (χ0n) is 10.8. The van der Waals surface area contributed by atoms with Crippen molar-refractivity contribution < 1.29 is 8.81 Å². The van der Waals surface area contributed by atoms with E-state index in [2.05, 4.69) is 15.5 Å². The highest BCUT2D eigenvalue weighted by Crippen LogP contribution is 2.22. The molecule has 6 heteroatoms. The molecular weight excluding hydrogens is 269 g/mol. The van der Waals surface area contributed by atoms with E-state index in [4.69, 9.17) is 16.0 Å². The van der Waals surface area contributed by atoms with Crippen LogP contribution in [0.5, 0.6) is 0 Å². The van der Waals surface area contributed by atoms with Gasteiger partial charge in [-0.3, -0.25) is 0 Å². The Morgan fingerprint density at radius 1 is 1.42 bits per heavy atom. The Hall–Kier alpha value is -1.46. The maximum absolute atomic E-state index is 13.6. The largest absolute Gasteiger partial charge is 0.423 e. The third-order valence-corrected chi connectivity index (χ3v) is 3.11. The highest BCUT2D eigenvalue weighted by Gasteiger charge is 2.15. The number of rotatable bonds is 5. The second kappa shape index (κ2) is 6.12. The van der Waals surface area contributed by atoms with Gasteiger partial charge in [-0.05, 0) is 25.6 Å². The van der Waals surface area contributed by atoms with Crippen LogP contribution in [0, 0.1) is 5.82 Å². The van der Waals surface area contributed by atoms with Gasteiger partial charge in [-0.25, -0.2) is 4.39 Å². The van der Waals surface area contributed by atoms with Crippen molar-refractivity contribution in [3.8, 4) is 0 Å². The van der Waals surface area contributed by atoms with Gasteiger partial charge in [-0.1, -0.05) is 24.6 Å². The maximum Gasteiger partial charge on any atom is 0.233 e. The van der Waals surface area contributed by atoms with Crippen molar-refractivity contribution in [1.29, 1.82) is 0 Å². The van der Waals surface area contributed by atoms with Crippen LogP contribution in [0.25, 0.3) is 0 Å². The number of benzene rings is 1. The molecule has 0 saturated carbocycles. The molecule has 1 unspecified atom stereocenters. The van der Waals surface area contributed by atoms with Crippen LogP contribution >= 0.6 is 11.6 Å². The van der Waals surface area contributed by atoms with Crippen LogP contribution in [-0.4, -0.2) is 16.7 Å². The monoisotopic (exact) mass is 283 g/mol. The van der Waals surface area contributed by atoms with Gasteiger partial charge in [0, 0.05) is 10.6 Å². The summed E-state index contributed by atoms with van der Waals surface area (Å²) in [5.41, 5.74) is 0.371. The van der Waals surface area contributed by atoms with Gasteiger partial charge in [0.25, 0.3) is 0 Å². The molecule has 19 heavy (non-hydrogen) atoms. The molecule has 0 saturated heterocycles. The van der Waals surface area contributed by atoms with E-state index >= 15 is 0 Å². The fourth-order valence-electron chi connectivity index (χ4n) is 1.76. The minimum Gasteiger partial charge on any atom is -0.423 e. The Labute approximate surface area is 116 Å². The van der Waals surface area contributed by atoms with E-state index < -0.39 is 0 Å². The zero-order chi connectivity index (χ0) is 13.8. The zero-order valence-corrected chi connectivity index (χ0v) is 11.5. The van der Waals surface area contributed by atoms with Gasteiger partial charge in [0.05, 0.1) is 12.5 Å². The predicted molar refractivity (Wildman–Crippen MR) is 70.6 cm³/mol. The summed E-state index contributed by atoms with van der Waals surface area (Å²) in [7, 11) is 0. The summed E-state index contributed by atoms with van der Waals surface area (Å²) >= 11 is 5.96. The average molecular weight is 284 g/mol. The second-order valence-corrected chi connectivity index (χ2v) is 4.60. The molecule has 1 atom stereocenters. The van der Waals surface area contributed by atoms with Crippen molar-refractivity contribution in [2.75, 3.05) is 6.54 Å². The lowest BCUT2D eigenvalue weighted by atomic mass is 10.1. The van der Waals surface area contributed by atoms with Gasteiger partial charge in [-0.2, -0.15) is 0 Å². The number of halogens is 2. The molecule has 0 aliphatic carbocycles. The summed E-state index contributed by atoms with van der Waals surface area (Å²) in [4.78, 5) is 0. The number of nitrogens with zero attached hydrogens (tertiary/aromatic N) is 2. The number of hydrogen-bond donors (Lipinski definition) is 1. The van der Waals surface area contributed by atoms with Crippen molar-refractivity contribution in [2.45, 2.75) is 26.3 Å². The fourth-order valence-corrected chi connectivity index (χ4v) is 1.99. The Kier molecular flexibility index (Phi) is 4.50. The molecule has 0 bridgehead atoms. The molecule has 1 N–H and O–H groups in total.